The van der Waals surface area contributed by atoms with Crippen molar-refractivity contribution < 1.29 is 4.79 Å². The number of nitrogens with zero attached hydrogens (tertiary/aromatic N) is 1. The summed E-state index contributed by atoms with van der Waals surface area (Å²) in [5.74, 6) is 3.37. The summed E-state index contributed by atoms with van der Waals surface area (Å²) in [4.78, 5) is 14.6. The van der Waals surface area contributed by atoms with Crippen molar-refractivity contribution in [2.24, 2.45) is 23.7 Å². The van der Waals surface area contributed by atoms with Crippen molar-refractivity contribution in [2.75, 3.05) is 7.05 Å². The normalized spacial score (nSPS) is 44.2. The van der Waals surface area contributed by atoms with E-state index < -0.39 is 0 Å². The Kier molecular flexibility index (Phi) is 2.92. The third-order valence-electron chi connectivity index (χ3n) is 5.50. The van der Waals surface area contributed by atoms with Crippen molar-refractivity contribution >= 4 is 5.91 Å². The van der Waals surface area contributed by atoms with Crippen molar-refractivity contribution in [3.05, 3.63) is 0 Å². The van der Waals surface area contributed by atoms with E-state index in [1.54, 1.807) is 0 Å². The smallest absolute Gasteiger partial charge is 0.225 e. The molecule has 0 spiro atoms. The Morgan fingerprint density at radius 1 is 1.06 bits per heavy atom. The quantitative estimate of drug-likeness (QED) is 0.720. The van der Waals surface area contributed by atoms with E-state index in [4.69, 9.17) is 0 Å². The van der Waals surface area contributed by atoms with Crippen molar-refractivity contribution in [1.29, 1.82) is 0 Å². The second-order valence-corrected chi connectivity index (χ2v) is 6.70. The highest BCUT2D eigenvalue weighted by Gasteiger charge is 2.49. The highest BCUT2D eigenvalue weighted by Crippen LogP contribution is 2.54. The summed E-state index contributed by atoms with van der Waals surface area (Å²) in [6.45, 7) is 2.32. The first-order valence-corrected chi connectivity index (χ1v) is 7.43. The first-order chi connectivity index (χ1) is 8.16. The summed E-state index contributed by atoms with van der Waals surface area (Å²) in [6.07, 6.45) is 8.98. The Morgan fingerprint density at radius 3 is 2.35 bits per heavy atom. The summed E-state index contributed by atoms with van der Waals surface area (Å²) < 4.78 is 0. The standard InChI is InChI=1S/C15H25NO/c1-10-5-3-4-6-14(10)16(2)15(17)13-8-11-7-12(11)9-13/h10-14H,3-9H2,1-2H3. The minimum Gasteiger partial charge on any atom is -0.342 e. The van der Waals surface area contributed by atoms with E-state index in [0.29, 0.717) is 23.8 Å². The van der Waals surface area contributed by atoms with E-state index in [0.717, 1.165) is 11.8 Å². The van der Waals surface area contributed by atoms with Gasteiger partial charge in [0.05, 0.1) is 0 Å². The third kappa shape index (κ3) is 2.11. The molecule has 3 fully saturated rings. The number of fused-ring (bicyclic) bond motifs is 1. The van der Waals surface area contributed by atoms with Crippen LogP contribution >= 0.6 is 0 Å². The molecule has 0 aliphatic heterocycles. The van der Waals surface area contributed by atoms with Crippen LogP contribution in [0.1, 0.15) is 51.9 Å². The van der Waals surface area contributed by atoms with Gasteiger partial charge in [-0.05, 0) is 49.9 Å². The lowest BCUT2D eigenvalue weighted by Crippen LogP contribution is -2.45. The molecule has 0 heterocycles. The van der Waals surface area contributed by atoms with Gasteiger partial charge in [0, 0.05) is 19.0 Å². The molecule has 2 heteroatoms. The fourth-order valence-corrected chi connectivity index (χ4v) is 4.24. The maximum absolute atomic E-state index is 12.5. The maximum Gasteiger partial charge on any atom is 0.225 e. The minimum absolute atomic E-state index is 0.373. The monoisotopic (exact) mass is 235 g/mol. The molecule has 0 aromatic carbocycles. The predicted molar refractivity (Wildman–Crippen MR) is 68.5 cm³/mol. The molecule has 96 valence electrons. The summed E-state index contributed by atoms with van der Waals surface area (Å²) in [5.41, 5.74) is 0. The van der Waals surface area contributed by atoms with Gasteiger partial charge >= 0.3 is 0 Å². The van der Waals surface area contributed by atoms with Crippen molar-refractivity contribution in [3.8, 4) is 0 Å². The van der Waals surface area contributed by atoms with Gasteiger partial charge in [-0.1, -0.05) is 19.8 Å². The first-order valence-electron chi connectivity index (χ1n) is 7.43. The Bertz CT molecular complexity index is 304. The first kappa shape index (κ1) is 11.6. The van der Waals surface area contributed by atoms with Crippen LogP contribution in [0, 0.1) is 23.7 Å². The molecule has 3 aliphatic rings. The van der Waals surface area contributed by atoms with Crippen LogP contribution in [0.5, 0.6) is 0 Å². The maximum atomic E-state index is 12.5. The zero-order chi connectivity index (χ0) is 12.0. The molecule has 4 unspecified atom stereocenters. The van der Waals surface area contributed by atoms with Gasteiger partial charge in [-0.25, -0.2) is 0 Å². The Balaban J connectivity index is 1.60. The van der Waals surface area contributed by atoms with Crippen LogP contribution in [0.2, 0.25) is 0 Å². The predicted octanol–water partition coefficient (Wildman–Crippen LogP) is 3.07. The zero-order valence-electron chi connectivity index (χ0n) is 11.2. The van der Waals surface area contributed by atoms with E-state index >= 15 is 0 Å². The summed E-state index contributed by atoms with van der Waals surface area (Å²) >= 11 is 0. The number of carbonyl (C=O) groups excluding carboxylic acids is 1. The van der Waals surface area contributed by atoms with Crippen LogP contribution in [0.15, 0.2) is 0 Å². The van der Waals surface area contributed by atoms with E-state index in [9.17, 15) is 4.79 Å². The van der Waals surface area contributed by atoms with Gasteiger partial charge < -0.3 is 4.90 Å². The van der Waals surface area contributed by atoms with Crippen LogP contribution in [-0.4, -0.2) is 23.9 Å². The van der Waals surface area contributed by atoms with Gasteiger partial charge in [-0.15, -0.1) is 0 Å². The number of hydrogen-bond donors (Lipinski definition) is 0. The lowest BCUT2D eigenvalue weighted by atomic mass is 9.84. The van der Waals surface area contributed by atoms with Crippen LogP contribution < -0.4 is 0 Å². The number of rotatable bonds is 2. The molecular weight excluding hydrogens is 210 g/mol. The van der Waals surface area contributed by atoms with Crippen LogP contribution in [-0.2, 0) is 4.79 Å². The lowest BCUT2D eigenvalue weighted by Gasteiger charge is -2.37. The molecule has 0 bridgehead atoms. The van der Waals surface area contributed by atoms with Crippen LogP contribution in [0.3, 0.4) is 0 Å². The molecule has 1 amide bonds. The minimum atomic E-state index is 0.373. The average molecular weight is 235 g/mol. The van der Waals surface area contributed by atoms with E-state index in [1.165, 1.54) is 44.9 Å². The largest absolute Gasteiger partial charge is 0.342 e. The average Bonchev–Trinajstić information content (AvgIpc) is 2.95. The number of carbonyl (C=O) groups is 1. The van der Waals surface area contributed by atoms with E-state index in [-0.39, 0.29) is 0 Å². The van der Waals surface area contributed by atoms with Crippen molar-refractivity contribution in [3.63, 3.8) is 0 Å². The SMILES string of the molecule is CC1CCCCC1N(C)C(=O)C1CC2CC2C1. The van der Waals surface area contributed by atoms with Gasteiger partial charge in [0.2, 0.25) is 5.91 Å². The zero-order valence-corrected chi connectivity index (χ0v) is 11.2. The molecular formula is C15H25NO. The van der Waals surface area contributed by atoms with E-state index in [2.05, 4.69) is 18.9 Å². The fraction of sp³-hybridized carbons (Fsp3) is 0.933. The summed E-state index contributed by atoms with van der Waals surface area (Å²) in [5, 5.41) is 0. The van der Waals surface area contributed by atoms with Gasteiger partial charge in [-0.2, -0.15) is 0 Å². The molecule has 4 atom stereocenters. The molecule has 17 heavy (non-hydrogen) atoms. The van der Waals surface area contributed by atoms with Gasteiger partial charge in [0.25, 0.3) is 0 Å². The van der Waals surface area contributed by atoms with Crippen LogP contribution in [0.25, 0.3) is 0 Å². The second-order valence-electron chi connectivity index (χ2n) is 6.70. The van der Waals surface area contributed by atoms with Crippen LogP contribution in [0.4, 0.5) is 0 Å². The highest BCUT2D eigenvalue weighted by molar-refractivity contribution is 5.79. The molecule has 2 nitrogen and oxygen atoms in total. The summed E-state index contributed by atoms with van der Waals surface area (Å²) in [7, 11) is 2.05. The molecule has 0 aromatic heterocycles. The lowest BCUT2D eigenvalue weighted by molar-refractivity contribution is -0.138. The van der Waals surface area contributed by atoms with Gasteiger partial charge in [-0.3, -0.25) is 4.79 Å². The molecule has 0 aromatic rings. The number of hydrogen-bond acceptors (Lipinski definition) is 1. The molecule has 3 saturated carbocycles. The highest BCUT2D eigenvalue weighted by atomic mass is 16.2. The van der Waals surface area contributed by atoms with Crippen molar-refractivity contribution in [1.82, 2.24) is 4.90 Å². The molecule has 0 N–H and O–H groups in total. The van der Waals surface area contributed by atoms with Crippen molar-refractivity contribution in [2.45, 2.75) is 57.9 Å². The Hall–Kier alpha value is -0.530. The molecule has 3 aliphatic carbocycles. The fourth-order valence-electron chi connectivity index (χ4n) is 4.24. The van der Waals surface area contributed by atoms with Gasteiger partial charge in [0.1, 0.15) is 0 Å². The Morgan fingerprint density at radius 2 is 1.71 bits per heavy atom. The molecule has 3 rings (SSSR count). The Labute approximate surface area is 105 Å². The van der Waals surface area contributed by atoms with Gasteiger partial charge in [0.15, 0.2) is 0 Å². The third-order valence-corrected chi connectivity index (χ3v) is 5.50. The number of amides is 1. The summed E-state index contributed by atoms with van der Waals surface area (Å²) in [6, 6.07) is 0.521. The molecule has 0 radical (unpaired) electrons. The second kappa shape index (κ2) is 4.29. The molecule has 0 saturated heterocycles. The van der Waals surface area contributed by atoms with E-state index in [1.807, 2.05) is 0 Å². The topological polar surface area (TPSA) is 20.3 Å².